The highest BCUT2D eigenvalue weighted by Gasteiger charge is 2.40. The lowest BCUT2D eigenvalue weighted by molar-refractivity contribution is -0.146. The third kappa shape index (κ3) is 2.83. The van der Waals surface area contributed by atoms with Crippen LogP contribution in [0.4, 0.5) is 0 Å². The SMILES string of the molecule is COC(=O)C(CO)NC(=O)CC1CC2CCC1C2. The van der Waals surface area contributed by atoms with Crippen molar-refractivity contribution in [1.82, 2.24) is 5.32 Å². The number of hydrogen-bond donors (Lipinski definition) is 2. The molecule has 0 aromatic rings. The van der Waals surface area contributed by atoms with Crippen molar-refractivity contribution < 1.29 is 19.4 Å². The molecule has 0 radical (unpaired) electrons. The van der Waals surface area contributed by atoms with Crippen molar-refractivity contribution >= 4 is 11.9 Å². The van der Waals surface area contributed by atoms with E-state index in [2.05, 4.69) is 10.1 Å². The zero-order valence-electron chi connectivity index (χ0n) is 10.7. The maximum absolute atomic E-state index is 11.8. The van der Waals surface area contributed by atoms with E-state index in [1.54, 1.807) is 0 Å². The van der Waals surface area contributed by atoms with Crippen LogP contribution in [0.2, 0.25) is 0 Å². The van der Waals surface area contributed by atoms with Crippen molar-refractivity contribution in [2.24, 2.45) is 17.8 Å². The smallest absolute Gasteiger partial charge is 0.330 e. The number of carbonyl (C=O) groups excluding carboxylic acids is 2. The quantitative estimate of drug-likeness (QED) is 0.700. The molecule has 2 aliphatic rings. The van der Waals surface area contributed by atoms with Crippen LogP contribution in [0.1, 0.15) is 32.1 Å². The van der Waals surface area contributed by atoms with Gasteiger partial charge in [0.15, 0.2) is 6.04 Å². The summed E-state index contributed by atoms with van der Waals surface area (Å²) in [4.78, 5) is 23.1. The van der Waals surface area contributed by atoms with Gasteiger partial charge in [0, 0.05) is 6.42 Å². The van der Waals surface area contributed by atoms with Crippen LogP contribution in [-0.2, 0) is 14.3 Å². The fourth-order valence-corrected chi connectivity index (χ4v) is 3.44. The number of esters is 1. The predicted octanol–water partition coefficient (Wildman–Crippen LogP) is 0.463. The largest absolute Gasteiger partial charge is 0.467 e. The number of aliphatic hydroxyl groups excluding tert-OH is 1. The van der Waals surface area contributed by atoms with Crippen molar-refractivity contribution in [1.29, 1.82) is 0 Å². The van der Waals surface area contributed by atoms with Gasteiger partial charge in [-0.25, -0.2) is 4.79 Å². The number of carbonyl (C=O) groups is 2. The van der Waals surface area contributed by atoms with Gasteiger partial charge in [0.1, 0.15) is 0 Å². The third-order valence-corrected chi connectivity index (χ3v) is 4.34. The maximum Gasteiger partial charge on any atom is 0.330 e. The third-order valence-electron chi connectivity index (χ3n) is 4.34. The van der Waals surface area contributed by atoms with Crippen molar-refractivity contribution in [3.63, 3.8) is 0 Å². The minimum absolute atomic E-state index is 0.156. The molecular weight excluding hydrogens is 234 g/mol. The molecule has 0 aromatic carbocycles. The Morgan fingerprint density at radius 1 is 1.39 bits per heavy atom. The van der Waals surface area contributed by atoms with Gasteiger partial charge in [-0.15, -0.1) is 0 Å². The van der Waals surface area contributed by atoms with Crippen LogP contribution >= 0.6 is 0 Å². The van der Waals surface area contributed by atoms with Crippen LogP contribution in [0.15, 0.2) is 0 Å². The summed E-state index contributed by atoms with van der Waals surface area (Å²) in [5, 5.41) is 11.6. The van der Waals surface area contributed by atoms with E-state index in [1.165, 1.54) is 26.4 Å². The van der Waals surface area contributed by atoms with E-state index < -0.39 is 18.6 Å². The number of fused-ring (bicyclic) bond motifs is 2. The second-order valence-corrected chi connectivity index (χ2v) is 5.46. The van der Waals surface area contributed by atoms with Crippen LogP contribution in [0.5, 0.6) is 0 Å². The molecule has 4 unspecified atom stereocenters. The molecule has 1 amide bonds. The van der Waals surface area contributed by atoms with Crippen LogP contribution in [0.25, 0.3) is 0 Å². The Balaban J connectivity index is 1.79. The van der Waals surface area contributed by atoms with E-state index >= 15 is 0 Å². The minimum atomic E-state index is -0.930. The molecule has 0 saturated heterocycles. The summed E-state index contributed by atoms with van der Waals surface area (Å²) in [7, 11) is 1.24. The molecule has 2 rings (SSSR count). The second-order valence-electron chi connectivity index (χ2n) is 5.46. The van der Waals surface area contributed by atoms with Crippen LogP contribution < -0.4 is 5.32 Å². The first-order chi connectivity index (χ1) is 8.63. The number of methoxy groups -OCH3 is 1. The predicted molar refractivity (Wildman–Crippen MR) is 64.6 cm³/mol. The lowest BCUT2D eigenvalue weighted by atomic mass is 9.86. The molecule has 5 heteroatoms. The topological polar surface area (TPSA) is 75.6 Å². The zero-order valence-corrected chi connectivity index (χ0v) is 10.7. The molecule has 2 aliphatic carbocycles. The first-order valence-electron chi connectivity index (χ1n) is 6.62. The normalized spacial score (nSPS) is 31.1. The Bertz CT molecular complexity index is 331. The van der Waals surface area contributed by atoms with Crippen LogP contribution in [0.3, 0.4) is 0 Å². The first kappa shape index (κ1) is 13.3. The zero-order chi connectivity index (χ0) is 13.1. The van der Waals surface area contributed by atoms with Gasteiger partial charge < -0.3 is 15.2 Å². The number of hydrogen-bond acceptors (Lipinski definition) is 4. The van der Waals surface area contributed by atoms with E-state index in [0.717, 1.165) is 12.3 Å². The molecule has 102 valence electrons. The standard InChI is InChI=1S/C13H21NO4/c1-18-13(17)11(7-15)14-12(16)6-10-5-8-2-3-9(10)4-8/h8-11,15H,2-7H2,1H3,(H,14,16). The van der Waals surface area contributed by atoms with Gasteiger partial charge in [0.05, 0.1) is 13.7 Å². The number of aliphatic hydroxyl groups is 1. The van der Waals surface area contributed by atoms with Crippen molar-refractivity contribution in [3.8, 4) is 0 Å². The van der Waals surface area contributed by atoms with Crippen LogP contribution in [0, 0.1) is 17.8 Å². The molecule has 2 fully saturated rings. The number of rotatable bonds is 5. The van der Waals surface area contributed by atoms with Gasteiger partial charge in [-0.05, 0) is 37.0 Å². The molecule has 18 heavy (non-hydrogen) atoms. The average molecular weight is 255 g/mol. The van der Waals surface area contributed by atoms with Gasteiger partial charge in [-0.1, -0.05) is 6.42 Å². The molecule has 2 N–H and O–H groups in total. The molecule has 4 atom stereocenters. The Morgan fingerprint density at radius 3 is 2.67 bits per heavy atom. The molecule has 0 spiro atoms. The van der Waals surface area contributed by atoms with E-state index in [-0.39, 0.29) is 5.91 Å². The highest BCUT2D eigenvalue weighted by atomic mass is 16.5. The number of ether oxygens (including phenoxy) is 1. The summed E-state index contributed by atoms with van der Waals surface area (Å²) in [6, 6.07) is -0.930. The van der Waals surface area contributed by atoms with Crippen LogP contribution in [-0.4, -0.2) is 36.7 Å². The van der Waals surface area contributed by atoms with Crippen molar-refractivity contribution in [2.75, 3.05) is 13.7 Å². The Morgan fingerprint density at radius 2 is 2.17 bits per heavy atom. The van der Waals surface area contributed by atoms with Gasteiger partial charge >= 0.3 is 5.97 Å². The average Bonchev–Trinajstić information content (AvgIpc) is 2.97. The molecule has 0 aromatic heterocycles. The highest BCUT2D eigenvalue weighted by molar-refractivity contribution is 5.84. The molecule has 2 saturated carbocycles. The Labute approximate surface area is 107 Å². The lowest BCUT2D eigenvalue weighted by Crippen LogP contribution is -2.44. The highest BCUT2D eigenvalue weighted by Crippen LogP contribution is 2.49. The second kappa shape index (κ2) is 5.69. The van der Waals surface area contributed by atoms with E-state index in [0.29, 0.717) is 18.3 Å². The number of amides is 1. The van der Waals surface area contributed by atoms with Gasteiger partial charge in [-0.3, -0.25) is 4.79 Å². The Kier molecular flexibility index (Phi) is 4.22. The van der Waals surface area contributed by atoms with Gasteiger partial charge in [-0.2, -0.15) is 0 Å². The summed E-state index contributed by atoms with van der Waals surface area (Å²) >= 11 is 0. The monoisotopic (exact) mass is 255 g/mol. The van der Waals surface area contributed by atoms with E-state index in [1.807, 2.05) is 0 Å². The van der Waals surface area contributed by atoms with E-state index in [4.69, 9.17) is 5.11 Å². The summed E-state index contributed by atoms with van der Waals surface area (Å²) in [5.74, 6) is 1.20. The molecular formula is C13H21NO4. The number of nitrogens with one attached hydrogen (secondary N) is 1. The Hall–Kier alpha value is -1.10. The fourth-order valence-electron chi connectivity index (χ4n) is 3.44. The van der Waals surface area contributed by atoms with Gasteiger partial charge in [0.25, 0.3) is 0 Å². The summed E-state index contributed by atoms with van der Waals surface area (Å²) in [6.07, 6.45) is 5.42. The van der Waals surface area contributed by atoms with Gasteiger partial charge in [0.2, 0.25) is 5.91 Å². The van der Waals surface area contributed by atoms with Crippen molar-refractivity contribution in [3.05, 3.63) is 0 Å². The minimum Gasteiger partial charge on any atom is -0.467 e. The lowest BCUT2D eigenvalue weighted by Gasteiger charge is -2.22. The maximum atomic E-state index is 11.8. The summed E-state index contributed by atoms with van der Waals surface area (Å²) in [6.45, 7) is -0.421. The molecule has 0 heterocycles. The fraction of sp³-hybridized carbons (Fsp3) is 0.846. The summed E-state index contributed by atoms with van der Waals surface area (Å²) in [5.41, 5.74) is 0. The molecule has 0 aliphatic heterocycles. The van der Waals surface area contributed by atoms with Crippen molar-refractivity contribution in [2.45, 2.75) is 38.1 Å². The summed E-state index contributed by atoms with van der Waals surface area (Å²) < 4.78 is 4.51. The molecule has 2 bridgehead atoms. The molecule has 5 nitrogen and oxygen atoms in total. The van der Waals surface area contributed by atoms with E-state index in [9.17, 15) is 9.59 Å². The first-order valence-corrected chi connectivity index (χ1v) is 6.62.